The zero-order valence-corrected chi connectivity index (χ0v) is 12.2. The zero-order valence-electron chi connectivity index (χ0n) is 12.2. The summed E-state index contributed by atoms with van der Waals surface area (Å²) < 4.78 is 6.06. The van der Waals surface area contributed by atoms with E-state index in [4.69, 9.17) is 10.5 Å². The molecule has 19 heavy (non-hydrogen) atoms. The Hall–Kier alpha value is -1.16. The third kappa shape index (κ3) is 3.66. The third-order valence-electron chi connectivity index (χ3n) is 3.81. The number of ether oxygens (including phenoxy) is 1. The molecule has 1 aliphatic rings. The molecule has 0 bridgehead atoms. The third-order valence-corrected chi connectivity index (χ3v) is 3.81. The lowest BCUT2D eigenvalue weighted by Gasteiger charge is -2.27. The van der Waals surface area contributed by atoms with Crippen LogP contribution >= 0.6 is 0 Å². The second-order valence-corrected chi connectivity index (χ2v) is 5.90. The predicted octanol–water partition coefficient (Wildman–Crippen LogP) is 3.02. The molecule has 0 spiro atoms. The summed E-state index contributed by atoms with van der Waals surface area (Å²) in [6.07, 6.45) is 6.83. The molecule has 0 aromatic carbocycles. The van der Waals surface area contributed by atoms with Gasteiger partial charge in [-0.05, 0) is 31.6 Å². The van der Waals surface area contributed by atoms with Crippen molar-refractivity contribution in [1.29, 1.82) is 0 Å². The number of aromatic nitrogens is 2. The minimum absolute atomic E-state index is 0.301. The van der Waals surface area contributed by atoms with Crippen molar-refractivity contribution in [3.63, 3.8) is 0 Å². The molecule has 4 heteroatoms. The van der Waals surface area contributed by atoms with Gasteiger partial charge in [-0.1, -0.05) is 20.8 Å². The quantitative estimate of drug-likeness (QED) is 0.907. The molecule has 1 saturated carbocycles. The van der Waals surface area contributed by atoms with Gasteiger partial charge in [0, 0.05) is 12.5 Å². The Bertz CT molecular complexity index is 412. The number of nitrogens with zero attached hydrogens (tertiary/aromatic N) is 2. The molecule has 0 amide bonds. The second kappa shape index (κ2) is 6.33. The molecule has 1 fully saturated rings. The first-order chi connectivity index (χ1) is 9.10. The van der Waals surface area contributed by atoms with Crippen LogP contribution in [0.1, 0.15) is 63.9 Å². The smallest absolute Gasteiger partial charge is 0.160 e. The topological polar surface area (TPSA) is 61.0 Å². The van der Waals surface area contributed by atoms with E-state index in [0.717, 1.165) is 36.0 Å². The standard InChI is InChI=1S/C15H25N3O/c1-10(2)15-17-9-14(13(8-16)18-15)19-12-6-4-11(3)5-7-12/h9-12H,4-8,16H2,1-3H3. The van der Waals surface area contributed by atoms with E-state index < -0.39 is 0 Å². The Balaban J connectivity index is 2.07. The molecule has 2 rings (SSSR count). The van der Waals surface area contributed by atoms with E-state index in [1.807, 2.05) is 0 Å². The second-order valence-electron chi connectivity index (χ2n) is 5.90. The molecule has 0 radical (unpaired) electrons. The van der Waals surface area contributed by atoms with Crippen LogP contribution in [-0.4, -0.2) is 16.1 Å². The van der Waals surface area contributed by atoms with E-state index >= 15 is 0 Å². The van der Waals surface area contributed by atoms with Crippen LogP contribution in [0, 0.1) is 5.92 Å². The largest absolute Gasteiger partial charge is 0.487 e. The Labute approximate surface area is 115 Å². The summed E-state index contributed by atoms with van der Waals surface area (Å²) in [5.74, 6) is 2.75. The summed E-state index contributed by atoms with van der Waals surface area (Å²) in [6.45, 7) is 6.88. The molecule has 1 aromatic rings. The SMILES string of the molecule is CC1CCC(Oc2cnc(C(C)C)nc2CN)CC1. The van der Waals surface area contributed by atoms with Crippen LogP contribution in [0.3, 0.4) is 0 Å². The van der Waals surface area contributed by atoms with Crippen molar-refractivity contribution in [3.05, 3.63) is 17.7 Å². The van der Waals surface area contributed by atoms with Gasteiger partial charge < -0.3 is 10.5 Å². The lowest BCUT2D eigenvalue weighted by atomic mass is 9.89. The summed E-state index contributed by atoms with van der Waals surface area (Å²) in [6, 6.07) is 0. The molecule has 0 aliphatic heterocycles. The highest BCUT2D eigenvalue weighted by Gasteiger charge is 2.21. The molecule has 106 valence electrons. The summed E-state index contributed by atoms with van der Waals surface area (Å²) in [7, 11) is 0. The first-order valence-corrected chi connectivity index (χ1v) is 7.32. The van der Waals surface area contributed by atoms with Gasteiger partial charge in [0.2, 0.25) is 0 Å². The van der Waals surface area contributed by atoms with Gasteiger partial charge in [0.25, 0.3) is 0 Å². The maximum absolute atomic E-state index is 6.06. The van der Waals surface area contributed by atoms with Crippen LogP contribution in [0.15, 0.2) is 6.20 Å². The van der Waals surface area contributed by atoms with Crippen LogP contribution < -0.4 is 10.5 Å². The minimum Gasteiger partial charge on any atom is -0.487 e. The summed E-state index contributed by atoms with van der Waals surface area (Å²) in [5, 5.41) is 0. The lowest BCUT2D eigenvalue weighted by molar-refractivity contribution is 0.133. The van der Waals surface area contributed by atoms with Crippen LogP contribution in [0.4, 0.5) is 0 Å². The molecular formula is C15H25N3O. The van der Waals surface area contributed by atoms with E-state index in [1.54, 1.807) is 6.20 Å². The van der Waals surface area contributed by atoms with E-state index in [-0.39, 0.29) is 0 Å². The van der Waals surface area contributed by atoms with Gasteiger partial charge in [0.15, 0.2) is 5.75 Å². The molecule has 1 aromatic heterocycles. The maximum atomic E-state index is 6.06. The molecule has 0 unspecified atom stereocenters. The van der Waals surface area contributed by atoms with Gasteiger partial charge in [0.05, 0.1) is 18.0 Å². The summed E-state index contributed by atoms with van der Waals surface area (Å²) >= 11 is 0. The average Bonchev–Trinajstić information content (AvgIpc) is 2.41. The monoisotopic (exact) mass is 263 g/mol. The Morgan fingerprint density at radius 2 is 2.00 bits per heavy atom. The fourth-order valence-corrected chi connectivity index (χ4v) is 2.47. The molecule has 0 atom stereocenters. The number of hydrogen-bond donors (Lipinski definition) is 1. The predicted molar refractivity (Wildman–Crippen MR) is 76.1 cm³/mol. The highest BCUT2D eigenvalue weighted by molar-refractivity contribution is 5.25. The molecular weight excluding hydrogens is 238 g/mol. The summed E-state index contributed by atoms with van der Waals surface area (Å²) in [4.78, 5) is 8.89. The fourth-order valence-electron chi connectivity index (χ4n) is 2.47. The average molecular weight is 263 g/mol. The van der Waals surface area contributed by atoms with Crippen LogP contribution in [-0.2, 0) is 6.54 Å². The van der Waals surface area contributed by atoms with Crippen molar-refractivity contribution in [3.8, 4) is 5.75 Å². The van der Waals surface area contributed by atoms with Gasteiger partial charge in [-0.2, -0.15) is 0 Å². The van der Waals surface area contributed by atoms with Gasteiger partial charge >= 0.3 is 0 Å². The van der Waals surface area contributed by atoms with E-state index in [9.17, 15) is 0 Å². The van der Waals surface area contributed by atoms with Crippen molar-refractivity contribution in [2.75, 3.05) is 0 Å². The van der Waals surface area contributed by atoms with E-state index in [2.05, 4.69) is 30.7 Å². The first-order valence-electron chi connectivity index (χ1n) is 7.32. The molecule has 4 nitrogen and oxygen atoms in total. The Kier molecular flexibility index (Phi) is 4.75. The van der Waals surface area contributed by atoms with Gasteiger partial charge in [0.1, 0.15) is 5.82 Å². The number of rotatable bonds is 4. The zero-order chi connectivity index (χ0) is 13.8. The fraction of sp³-hybridized carbons (Fsp3) is 0.733. The minimum atomic E-state index is 0.301. The molecule has 1 heterocycles. The lowest BCUT2D eigenvalue weighted by Crippen LogP contribution is -2.24. The normalized spacial score (nSPS) is 23.6. The van der Waals surface area contributed by atoms with Crippen molar-refractivity contribution < 1.29 is 4.74 Å². The van der Waals surface area contributed by atoms with Crippen molar-refractivity contribution in [1.82, 2.24) is 9.97 Å². The van der Waals surface area contributed by atoms with Crippen LogP contribution in [0.5, 0.6) is 5.75 Å². The van der Waals surface area contributed by atoms with Gasteiger partial charge in [-0.3, -0.25) is 0 Å². The summed E-state index contributed by atoms with van der Waals surface area (Å²) in [5.41, 5.74) is 6.61. The van der Waals surface area contributed by atoms with Gasteiger partial charge in [-0.15, -0.1) is 0 Å². The van der Waals surface area contributed by atoms with E-state index in [0.29, 0.717) is 18.6 Å². The number of nitrogens with two attached hydrogens (primary N) is 1. The van der Waals surface area contributed by atoms with Gasteiger partial charge in [-0.25, -0.2) is 9.97 Å². The van der Waals surface area contributed by atoms with Crippen molar-refractivity contribution in [2.45, 2.75) is 65.0 Å². The number of hydrogen-bond acceptors (Lipinski definition) is 4. The van der Waals surface area contributed by atoms with Crippen molar-refractivity contribution >= 4 is 0 Å². The van der Waals surface area contributed by atoms with Crippen molar-refractivity contribution in [2.24, 2.45) is 11.7 Å². The van der Waals surface area contributed by atoms with E-state index in [1.165, 1.54) is 12.8 Å². The Morgan fingerprint density at radius 1 is 1.32 bits per heavy atom. The Morgan fingerprint density at radius 3 is 2.58 bits per heavy atom. The highest BCUT2D eigenvalue weighted by Crippen LogP contribution is 2.28. The first kappa shape index (κ1) is 14.3. The maximum Gasteiger partial charge on any atom is 0.160 e. The van der Waals surface area contributed by atoms with Crippen LogP contribution in [0.2, 0.25) is 0 Å². The molecule has 0 saturated heterocycles. The molecule has 2 N–H and O–H groups in total. The highest BCUT2D eigenvalue weighted by atomic mass is 16.5. The molecule has 1 aliphatic carbocycles. The van der Waals surface area contributed by atoms with Crippen LogP contribution in [0.25, 0.3) is 0 Å².